The van der Waals surface area contributed by atoms with Gasteiger partial charge in [0, 0.05) is 12.6 Å². The fraction of sp³-hybridized carbons (Fsp3) is 0.467. The predicted molar refractivity (Wildman–Crippen MR) is 77.5 cm³/mol. The highest BCUT2D eigenvalue weighted by Crippen LogP contribution is 2.27. The van der Waals surface area contributed by atoms with Crippen molar-refractivity contribution < 1.29 is 8.42 Å². The summed E-state index contributed by atoms with van der Waals surface area (Å²) >= 11 is 0. The van der Waals surface area contributed by atoms with Gasteiger partial charge < -0.3 is 0 Å². The van der Waals surface area contributed by atoms with Crippen molar-refractivity contribution in [1.82, 2.24) is 4.31 Å². The Hall–Kier alpha value is -1.13. The lowest BCUT2D eigenvalue weighted by atomic mass is 10.2. The topological polar surface area (TPSA) is 37.4 Å². The monoisotopic (exact) mass is 279 g/mol. The minimum atomic E-state index is -3.36. The van der Waals surface area contributed by atoms with E-state index in [1.54, 1.807) is 16.4 Å². The number of nitrogens with zero attached hydrogens (tertiary/aromatic N) is 1. The van der Waals surface area contributed by atoms with Crippen LogP contribution in [0.15, 0.2) is 40.8 Å². The molecule has 3 nitrogen and oxygen atoms in total. The Kier molecular flexibility index (Phi) is 4.11. The molecule has 0 aromatic heterocycles. The van der Waals surface area contributed by atoms with E-state index in [1.165, 1.54) is 0 Å². The van der Waals surface area contributed by atoms with E-state index in [9.17, 15) is 8.42 Å². The van der Waals surface area contributed by atoms with Gasteiger partial charge in [0.1, 0.15) is 0 Å². The van der Waals surface area contributed by atoms with E-state index in [-0.39, 0.29) is 6.04 Å². The second-order valence-electron chi connectivity index (χ2n) is 5.38. The van der Waals surface area contributed by atoms with E-state index in [0.29, 0.717) is 11.4 Å². The molecule has 1 saturated heterocycles. The molecule has 104 valence electrons. The SMILES string of the molecule is CC(C)=CC1CCCN1S(=O)(=O)c1ccc(C)cc1. The molecule has 1 fully saturated rings. The first-order chi connectivity index (χ1) is 8.91. The Balaban J connectivity index is 2.33. The van der Waals surface area contributed by atoms with Gasteiger partial charge in [-0.3, -0.25) is 0 Å². The minimum absolute atomic E-state index is 0.0105. The second-order valence-corrected chi connectivity index (χ2v) is 7.27. The summed E-state index contributed by atoms with van der Waals surface area (Å²) in [6.07, 6.45) is 3.90. The maximum atomic E-state index is 12.6. The molecular formula is C15H21NO2S. The highest BCUT2D eigenvalue weighted by atomic mass is 32.2. The number of hydrogen-bond donors (Lipinski definition) is 0. The minimum Gasteiger partial charge on any atom is -0.207 e. The third-order valence-corrected chi connectivity index (χ3v) is 5.34. The Morgan fingerprint density at radius 1 is 1.26 bits per heavy atom. The van der Waals surface area contributed by atoms with Crippen LogP contribution in [0.25, 0.3) is 0 Å². The van der Waals surface area contributed by atoms with Crippen molar-refractivity contribution in [3.05, 3.63) is 41.5 Å². The average Bonchev–Trinajstić information content (AvgIpc) is 2.77. The molecule has 0 radical (unpaired) electrons. The Bertz CT molecular complexity index is 569. The van der Waals surface area contributed by atoms with E-state index in [2.05, 4.69) is 6.08 Å². The van der Waals surface area contributed by atoms with Crippen LogP contribution in [-0.2, 0) is 10.0 Å². The van der Waals surface area contributed by atoms with Gasteiger partial charge in [0.25, 0.3) is 0 Å². The van der Waals surface area contributed by atoms with Gasteiger partial charge in [0.05, 0.1) is 4.90 Å². The van der Waals surface area contributed by atoms with E-state index in [0.717, 1.165) is 24.0 Å². The van der Waals surface area contributed by atoms with Crippen molar-refractivity contribution in [1.29, 1.82) is 0 Å². The molecule has 4 heteroatoms. The Morgan fingerprint density at radius 2 is 1.89 bits per heavy atom. The average molecular weight is 279 g/mol. The molecule has 19 heavy (non-hydrogen) atoms. The lowest BCUT2D eigenvalue weighted by Gasteiger charge is -2.22. The first kappa shape index (κ1) is 14.3. The zero-order chi connectivity index (χ0) is 14.0. The Morgan fingerprint density at radius 3 is 2.47 bits per heavy atom. The summed E-state index contributed by atoms with van der Waals surface area (Å²) < 4.78 is 26.9. The molecule has 0 amide bonds. The number of sulfonamides is 1. The summed E-state index contributed by atoms with van der Waals surface area (Å²) in [6.45, 7) is 6.59. The summed E-state index contributed by atoms with van der Waals surface area (Å²) in [6, 6.07) is 7.10. The van der Waals surface area contributed by atoms with Gasteiger partial charge in [-0.15, -0.1) is 0 Å². The fourth-order valence-corrected chi connectivity index (χ4v) is 4.10. The van der Waals surface area contributed by atoms with Crippen LogP contribution in [-0.4, -0.2) is 25.3 Å². The van der Waals surface area contributed by atoms with E-state index in [1.807, 2.05) is 32.9 Å². The van der Waals surface area contributed by atoms with Crippen LogP contribution < -0.4 is 0 Å². The Labute approximate surface area is 116 Å². The second kappa shape index (κ2) is 5.47. The maximum Gasteiger partial charge on any atom is 0.243 e. The molecule has 2 rings (SSSR count). The van der Waals surface area contributed by atoms with Gasteiger partial charge in [-0.05, 0) is 45.7 Å². The summed E-state index contributed by atoms with van der Waals surface area (Å²) in [4.78, 5) is 0.396. The predicted octanol–water partition coefficient (Wildman–Crippen LogP) is 3.11. The molecule has 0 N–H and O–H groups in total. The summed E-state index contributed by atoms with van der Waals surface area (Å²) in [5.41, 5.74) is 2.23. The van der Waals surface area contributed by atoms with Crippen LogP contribution in [0.5, 0.6) is 0 Å². The van der Waals surface area contributed by atoms with Crippen molar-refractivity contribution in [3.8, 4) is 0 Å². The first-order valence-electron chi connectivity index (χ1n) is 6.65. The standard InChI is InChI=1S/C15H21NO2S/c1-12(2)11-14-5-4-10-16(14)19(17,18)15-8-6-13(3)7-9-15/h6-9,11,14H,4-5,10H2,1-3H3. The van der Waals surface area contributed by atoms with Crippen molar-refractivity contribution >= 4 is 10.0 Å². The van der Waals surface area contributed by atoms with Crippen LogP contribution in [0.4, 0.5) is 0 Å². The quantitative estimate of drug-likeness (QED) is 0.797. The third-order valence-electron chi connectivity index (χ3n) is 3.40. The molecule has 1 aliphatic rings. The zero-order valence-corrected chi connectivity index (χ0v) is 12.6. The zero-order valence-electron chi connectivity index (χ0n) is 11.8. The van der Waals surface area contributed by atoms with E-state index in [4.69, 9.17) is 0 Å². The van der Waals surface area contributed by atoms with E-state index < -0.39 is 10.0 Å². The molecule has 0 saturated carbocycles. The van der Waals surface area contributed by atoms with Crippen LogP contribution in [0.2, 0.25) is 0 Å². The summed E-state index contributed by atoms with van der Waals surface area (Å²) in [5, 5.41) is 0. The normalized spacial score (nSPS) is 20.5. The molecule has 1 heterocycles. The van der Waals surface area contributed by atoms with Crippen molar-refractivity contribution in [3.63, 3.8) is 0 Å². The molecule has 1 aromatic carbocycles. The maximum absolute atomic E-state index is 12.6. The molecule has 0 aliphatic carbocycles. The highest BCUT2D eigenvalue weighted by molar-refractivity contribution is 7.89. The number of benzene rings is 1. The number of hydrogen-bond acceptors (Lipinski definition) is 2. The van der Waals surface area contributed by atoms with Crippen molar-refractivity contribution in [2.45, 2.75) is 44.6 Å². The number of aryl methyl sites for hydroxylation is 1. The van der Waals surface area contributed by atoms with Gasteiger partial charge in [-0.1, -0.05) is 29.3 Å². The lowest BCUT2D eigenvalue weighted by Crippen LogP contribution is -2.34. The van der Waals surface area contributed by atoms with Crippen molar-refractivity contribution in [2.24, 2.45) is 0 Å². The molecule has 1 atom stereocenters. The molecule has 1 aliphatic heterocycles. The van der Waals surface area contributed by atoms with Gasteiger partial charge in [-0.25, -0.2) is 8.42 Å². The van der Waals surface area contributed by atoms with Crippen LogP contribution in [0, 0.1) is 6.92 Å². The highest BCUT2D eigenvalue weighted by Gasteiger charge is 2.33. The molecular weight excluding hydrogens is 258 g/mol. The summed E-state index contributed by atoms with van der Waals surface area (Å²) in [7, 11) is -3.36. The number of rotatable bonds is 3. The lowest BCUT2D eigenvalue weighted by molar-refractivity contribution is 0.431. The third kappa shape index (κ3) is 3.07. The number of allylic oxidation sites excluding steroid dienone is 1. The van der Waals surface area contributed by atoms with Gasteiger partial charge in [0.2, 0.25) is 10.0 Å². The molecule has 1 aromatic rings. The summed E-state index contributed by atoms with van der Waals surface area (Å²) in [5.74, 6) is 0. The molecule has 0 bridgehead atoms. The largest absolute Gasteiger partial charge is 0.243 e. The van der Waals surface area contributed by atoms with E-state index >= 15 is 0 Å². The van der Waals surface area contributed by atoms with Gasteiger partial charge >= 0.3 is 0 Å². The first-order valence-corrected chi connectivity index (χ1v) is 8.09. The molecule has 1 unspecified atom stereocenters. The fourth-order valence-electron chi connectivity index (χ4n) is 2.46. The van der Waals surface area contributed by atoms with Crippen LogP contribution in [0.1, 0.15) is 32.3 Å². The van der Waals surface area contributed by atoms with Gasteiger partial charge in [-0.2, -0.15) is 4.31 Å². The molecule has 0 spiro atoms. The van der Waals surface area contributed by atoms with Crippen molar-refractivity contribution in [2.75, 3.05) is 6.54 Å². The smallest absolute Gasteiger partial charge is 0.207 e. The van der Waals surface area contributed by atoms with Crippen LogP contribution >= 0.6 is 0 Å². The van der Waals surface area contributed by atoms with Crippen LogP contribution in [0.3, 0.4) is 0 Å². The van der Waals surface area contributed by atoms with Gasteiger partial charge in [0.15, 0.2) is 0 Å².